The van der Waals surface area contributed by atoms with Gasteiger partial charge < -0.3 is 19.5 Å². The third-order valence-electron chi connectivity index (χ3n) is 2.82. The Balaban J connectivity index is 1.80. The molecular formula is C15H17BO4S. The van der Waals surface area contributed by atoms with Gasteiger partial charge in [0.25, 0.3) is 0 Å². The molecule has 110 valence electrons. The lowest BCUT2D eigenvalue weighted by atomic mass is 9.80. The van der Waals surface area contributed by atoms with Crippen molar-refractivity contribution in [2.45, 2.75) is 4.90 Å². The first kappa shape index (κ1) is 15.8. The Morgan fingerprint density at radius 1 is 1.05 bits per heavy atom. The van der Waals surface area contributed by atoms with Gasteiger partial charge in [-0.05, 0) is 35.8 Å². The van der Waals surface area contributed by atoms with Crippen LogP contribution in [0.4, 0.5) is 0 Å². The van der Waals surface area contributed by atoms with Crippen LogP contribution in [-0.4, -0.2) is 36.6 Å². The van der Waals surface area contributed by atoms with E-state index in [1.165, 1.54) is 0 Å². The molecule has 0 saturated carbocycles. The van der Waals surface area contributed by atoms with Crippen LogP contribution in [0.2, 0.25) is 0 Å². The zero-order valence-electron chi connectivity index (χ0n) is 11.7. The summed E-state index contributed by atoms with van der Waals surface area (Å²) < 4.78 is 10.8. The maximum Gasteiger partial charge on any atom is 0.488 e. The zero-order chi connectivity index (χ0) is 15.1. The Morgan fingerprint density at radius 3 is 2.57 bits per heavy atom. The van der Waals surface area contributed by atoms with Crippen LogP contribution in [0.25, 0.3) is 0 Å². The number of hydrogen-bond donors (Lipinski definition) is 2. The number of thioether (sulfide) groups is 1. The van der Waals surface area contributed by atoms with Crippen molar-refractivity contribution in [3.63, 3.8) is 0 Å². The van der Waals surface area contributed by atoms with Gasteiger partial charge in [-0.1, -0.05) is 18.2 Å². The molecule has 2 rings (SSSR count). The second-order valence-electron chi connectivity index (χ2n) is 4.32. The standard InChI is InChI=1S/C15H17BO4S/c1-19-13-5-3-7-15(11-13)21-9-8-20-14-6-2-4-12(10-14)16(17)18/h2-7,10-11,17-18H,8-9H2,1H3. The fraction of sp³-hybridized carbons (Fsp3) is 0.200. The van der Waals surface area contributed by atoms with Crippen LogP contribution in [0.15, 0.2) is 53.4 Å². The molecule has 0 atom stereocenters. The molecule has 0 heterocycles. The first-order valence-electron chi connectivity index (χ1n) is 6.55. The van der Waals surface area contributed by atoms with Crippen LogP contribution in [0.3, 0.4) is 0 Å². The number of benzene rings is 2. The molecular weight excluding hydrogens is 287 g/mol. The zero-order valence-corrected chi connectivity index (χ0v) is 12.5. The van der Waals surface area contributed by atoms with Gasteiger partial charge in [-0.15, -0.1) is 11.8 Å². The number of ether oxygens (including phenoxy) is 2. The highest BCUT2D eigenvalue weighted by molar-refractivity contribution is 7.99. The van der Waals surface area contributed by atoms with E-state index in [1.54, 1.807) is 43.1 Å². The van der Waals surface area contributed by atoms with E-state index in [2.05, 4.69) is 0 Å². The Kier molecular flexibility index (Phi) is 5.98. The Bertz CT molecular complexity index is 577. The van der Waals surface area contributed by atoms with Gasteiger partial charge in [-0.3, -0.25) is 0 Å². The van der Waals surface area contributed by atoms with Crippen LogP contribution < -0.4 is 14.9 Å². The lowest BCUT2D eigenvalue weighted by Crippen LogP contribution is -2.29. The molecule has 0 fully saturated rings. The normalized spacial score (nSPS) is 10.2. The summed E-state index contributed by atoms with van der Waals surface area (Å²) in [6.45, 7) is 0.535. The Hall–Kier alpha value is -1.63. The van der Waals surface area contributed by atoms with Gasteiger partial charge in [0, 0.05) is 10.6 Å². The van der Waals surface area contributed by atoms with Gasteiger partial charge in [0.05, 0.1) is 13.7 Å². The van der Waals surface area contributed by atoms with Crippen molar-refractivity contribution in [3.8, 4) is 11.5 Å². The average molecular weight is 304 g/mol. The van der Waals surface area contributed by atoms with E-state index >= 15 is 0 Å². The van der Waals surface area contributed by atoms with Crippen molar-refractivity contribution in [3.05, 3.63) is 48.5 Å². The molecule has 0 aliphatic rings. The molecule has 0 unspecified atom stereocenters. The lowest BCUT2D eigenvalue weighted by Gasteiger charge is -2.08. The van der Waals surface area contributed by atoms with E-state index < -0.39 is 7.12 Å². The van der Waals surface area contributed by atoms with Crippen LogP contribution in [0.5, 0.6) is 11.5 Å². The monoisotopic (exact) mass is 304 g/mol. The van der Waals surface area contributed by atoms with Crippen LogP contribution in [0.1, 0.15) is 0 Å². The first-order chi connectivity index (χ1) is 10.2. The van der Waals surface area contributed by atoms with Crippen LogP contribution in [0, 0.1) is 0 Å². The molecule has 2 N–H and O–H groups in total. The van der Waals surface area contributed by atoms with Crippen molar-refractivity contribution in [2.24, 2.45) is 0 Å². The quantitative estimate of drug-likeness (QED) is 0.462. The van der Waals surface area contributed by atoms with E-state index in [0.717, 1.165) is 16.4 Å². The SMILES string of the molecule is COc1cccc(SCCOc2cccc(B(O)O)c2)c1. The topological polar surface area (TPSA) is 58.9 Å². The number of methoxy groups -OCH3 is 1. The summed E-state index contributed by atoms with van der Waals surface area (Å²) in [6, 6.07) is 14.7. The summed E-state index contributed by atoms with van der Waals surface area (Å²) in [5.41, 5.74) is 0.424. The largest absolute Gasteiger partial charge is 0.497 e. The van der Waals surface area contributed by atoms with Crippen molar-refractivity contribution in [1.82, 2.24) is 0 Å². The molecule has 0 amide bonds. The highest BCUT2D eigenvalue weighted by atomic mass is 32.2. The maximum absolute atomic E-state index is 9.10. The number of hydrogen-bond acceptors (Lipinski definition) is 5. The Morgan fingerprint density at radius 2 is 1.81 bits per heavy atom. The lowest BCUT2D eigenvalue weighted by molar-refractivity contribution is 0.344. The summed E-state index contributed by atoms with van der Waals surface area (Å²) >= 11 is 1.68. The summed E-state index contributed by atoms with van der Waals surface area (Å²) in [5, 5.41) is 18.2. The van der Waals surface area contributed by atoms with Gasteiger partial charge in [0.1, 0.15) is 11.5 Å². The van der Waals surface area contributed by atoms with Crippen molar-refractivity contribution >= 4 is 24.3 Å². The fourth-order valence-electron chi connectivity index (χ4n) is 1.77. The summed E-state index contributed by atoms with van der Waals surface area (Å²) in [4.78, 5) is 1.12. The third kappa shape index (κ3) is 5.01. The van der Waals surface area contributed by atoms with Gasteiger partial charge >= 0.3 is 7.12 Å². The number of rotatable bonds is 7. The minimum Gasteiger partial charge on any atom is -0.497 e. The van der Waals surface area contributed by atoms with Gasteiger partial charge in [0.15, 0.2) is 0 Å². The minimum atomic E-state index is -1.47. The molecule has 2 aromatic rings. The van der Waals surface area contributed by atoms with Gasteiger partial charge in [-0.25, -0.2) is 0 Å². The minimum absolute atomic E-state index is 0.424. The molecule has 0 radical (unpaired) electrons. The molecule has 0 aromatic heterocycles. The van der Waals surface area contributed by atoms with Crippen molar-refractivity contribution in [1.29, 1.82) is 0 Å². The van der Waals surface area contributed by atoms with E-state index in [1.807, 2.05) is 24.3 Å². The van der Waals surface area contributed by atoms with E-state index in [9.17, 15) is 0 Å². The van der Waals surface area contributed by atoms with E-state index in [-0.39, 0.29) is 0 Å². The van der Waals surface area contributed by atoms with E-state index in [0.29, 0.717) is 17.8 Å². The Labute approximate surface area is 128 Å². The smallest absolute Gasteiger partial charge is 0.488 e. The van der Waals surface area contributed by atoms with Crippen molar-refractivity contribution < 1.29 is 19.5 Å². The third-order valence-corrected chi connectivity index (χ3v) is 3.78. The van der Waals surface area contributed by atoms with Crippen LogP contribution >= 0.6 is 11.8 Å². The molecule has 0 aliphatic carbocycles. The molecule has 6 heteroatoms. The molecule has 4 nitrogen and oxygen atoms in total. The summed E-state index contributed by atoms with van der Waals surface area (Å²) in [7, 11) is 0.176. The second kappa shape index (κ2) is 7.97. The maximum atomic E-state index is 9.10. The van der Waals surface area contributed by atoms with E-state index in [4.69, 9.17) is 19.5 Å². The molecule has 21 heavy (non-hydrogen) atoms. The summed E-state index contributed by atoms with van der Waals surface area (Å²) in [5.74, 6) is 2.26. The summed E-state index contributed by atoms with van der Waals surface area (Å²) in [6.07, 6.45) is 0. The predicted molar refractivity (Wildman–Crippen MR) is 85.5 cm³/mol. The fourth-order valence-corrected chi connectivity index (χ4v) is 2.55. The predicted octanol–water partition coefficient (Wildman–Crippen LogP) is 1.55. The van der Waals surface area contributed by atoms with Gasteiger partial charge in [0.2, 0.25) is 0 Å². The average Bonchev–Trinajstić information content (AvgIpc) is 2.52. The molecule has 0 spiro atoms. The molecule has 2 aromatic carbocycles. The van der Waals surface area contributed by atoms with Gasteiger partial charge in [-0.2, -0.15) is 0 Å². The van der Waals surface area contributed by atoms with Crippen molar-refractivity contribution in [2.75, 3.05) is 19.5 Å². The first-order valence-corrected chi connectivity index (χ1v) is 7.53. The highest BCUT2D eigenvalue weighted by Gasteiger charge is 2.10. The van der Waals surface area contributed by atoms with Crippen LogP contribution in [-0.2, 0) is 0 Å². The molecule has 0 aliphatic heterocycles. The molecule has 0 bridgehead atoms. The highest BCUT2D eigenvalue weighted by Crippen LogP contribution is 2.22. The second-order valence-corrected chi connectivity index (χ2v) is 5.49. The molecule has 0 saturated heterocycles.